The van der Waals surface area contributed by atoms with E-state index in [4.69, 9.17) is 4.74 Å². The minimum atomic E-state index is -0.130. The first-order chi connectivity index (χ1) is 12.2. The van der Waals surface area contributed by atoms with Crippen molar-refractivity contribution in [1.82, 2.24) is 5.32 Å². The van der Waals surface area contributed by atoms with Crippen molar-refractivity contribution >= 4 is 17.5 Å². The van der Waals surface area contributed by atoms with E-state index < -0.39 is 0 Å². The van der Waals surface area contributed by atoms with E-state index in [0.29, 0.717) is 18.7 Å². The zero-order valence-electron chi connectivity index (χ0n) is 14.2. The van der Waals surface area contributed by atoms with Crippen LogP contribution in [0.25, 0.3) is 0 Å². The lowest BCUT2D eigenvalue weighted by molar-refractivity contribution is -0.117. The van der Waals surface area contributed by atoms with Crippen molar-refractivity contribution in [1.29, 1.82) is 0 Å². The number of anilines is 1. The molecule has 0 aromatic heterocycles. The summed E-state index contributed by atoms with van der Waals surface area (Å²) in [7, 11) is 0. The molecule has 0 atom stereocenters. The molecule has 130 valence electrons. The monoisotopic (exact) mass is 338 g/mol. The highest BCUT2D eigenvalue weighted by molar-refractivity contribution is 5.94. The topological polar surface area (TPSA) is 67.4 Å². The Morgan fingerprint density at radius 1 is 1.04 bits per heavy atom. The van der Waals surface area contributed by atoms with Gasteiger partial charge in [0.2, 0.25) is 5.91 Å². The molecule has 5 nitrogen and oxygen atoms in total. The maximum absolute atomic E-state index is 12.2. The Labute approximate surface area is 147 Å². The molecule has 3 rings (SSSR count). The molecule has 0 unspecified atom stereocenters. The van der Waals surface area contributed by atoms with Crippen molar-refractivity contribution in [2.24, 2.45) is 5.92 Å². The van der Waals surface area contributed by atoms with E-state index >= 15 is 0 Å². The Bertz CT molecular complexity index is 735. The first-order valence-electron chi connectivity index (χ1n) is 8.56. The molecular weight excluding hydrogens is 316 g/mol. The molecule has 2 amide bonds. The van der Waals surface area contributed by atoms with Crippen LogP contribution in [0.4, 0.5) is 5.69 Å². The Morgan fingerprint density at radius 2 is 1.72 bits per heavy atom. The molecule has 1 fully saturated rings. The van der Waals surface area contributed by atoms with Crippen molar-refractivity contribution in [3.63, 3.8) is 0 Å². The summed E-state index contributed by atoms with van der Waals surface area (Å²) in [5, 5.41) is 5.79. The smallest absolute Gasteiger partial charge is 0.251 e. The van der Waals surface area contributed by atoms with E-state index in [1.165, 1.54) is 0 Å². The average Bonchev–Trinajstić information content (AvgIpc) is 3.47. The van der Waals surface area contributed by atoms with Crippen LogP contribution in [0.5, 0.6) is 5.75 Å². The summed E-state index contributed by atoms with van der Waals surface area (Å²) >= 11 is 0. The van der Waals surface area contributed by atoms with Crippen LogP contribution in [-0.2, 0) is 11.3 Å². The minimum Gasteiger partial charge on any atom is -0.494 e. The van der Waals surface area contributed by atoms with E-state index in [-0.39, 0.29) is 17.7 Å². The van der Waals surface area contributed by atoms with E-state index in [9.17, 15) is 9.59 Å². The Morgan fingerprint density at radius 3 is 2.32 bits per heavy atom. The number of ether oxygens (including phenoxy) is 1. The van der Waals surface area contributed by atoms with Gasteiger partial charge in [0, 0.05) is 23.7 Å². The molecular formula is C20H22N2O3. The van der Waals surface area contributed by atoms with Gasteiger partial charge in [-0.15, -0.1) is 0 Å². The molecule has 2 aromatic carbocycles. The summed E-state index contributed by atoms with van der Waals surface area (Å²) < 4.78 is 5.37. The number of nitrogens with one attached hydrogen (secondary N) is 2. The van der Waals surface area contributed by atoms with Crippen LogP contribution in [0, 0.1) is 5.92 Å². The first-order valence-corrected chi connectivity index (χ1v) is 8.56. The van der Waals surface area contributed by atoms with Crippen LogP contribution in [-0.4, -0.2) is 18.4 Å². The number of hydrogen-bond donors (Lipinski definition) is 2. The SMILES string of the molecule is CCOc1ccc(C(=O)NCc2ccc(NC(=O)C3CC3)cc2)cc1. The minimum absolute atomic E-state index is 0.0940. The second kappa shape index (κ2) is 7.83. The van der Waals surface area contributed by atoms with Gasteiger partial charge >= 0.3 is 0 Å². The third-order valence-corrected chi connectivity index (χ3v) is 4.05. The third-order valence-electron chi connectivity index (χ3n) is 4.05. The summed E-state index contributed by atoms with van der Waals surface area (Å²) in [6.45, 7) is 2.95. The van der Waals surface area contributed by atoms with E-state index in [1.807, 2.05) is 31.2 Å². The number of carbonyl (C=O) groups is 2. The molecule has 0 bridgehead atoms. The molecule has 0 spiro atoms. The fraction of sp³-hybridized carbons (Fsp3) is 0.300. The molecule has 1 aliphatic rings. The van der Waals surface area contributed by atoms with Gasteiger partial charge in [0.25, 0.3) is 5.91 Å². The summed E-state index contributed by atoms with van der Waals surface area (Å²) in [6.07, 6.45) is 1.98. The highest BCUT2D eigenvalue weighted by atomic mass is 16.5. The van der Waals surface area contributed by atoms with Crippen LogP contribution in [0.15, 0.2) is 48.5 Å². The van der Waals surface area contributed by atoms with Crippen molar-refractivity contribution < 1.29 is 14.3 Å². The van der Waals surface area contributed by atoms with Gasteiger partial charge in [-0.3, -0.25) is 9.59 Å². The lowest BCUT2D eigenvalue weighted by Crippen LogP contribution is -2.22. The third kappa shape index (κ3) is 4.83. The van der Waals surface area contributed by atoms with Gasteiger partial charge in [0.15, 0.2) is 0 Å². The van der Waals surface area contributed by atoms with Crippen molar-refractivity contribution in [2.45, 2.75) is 26.3 Å². The van der Waals surface area contributed by atoms with Gasteiger partial charge in [0.05, 0.1) is 6.61 Å². The second-order valence-electron chi connectivity index (χ2n) is 6.10. The lowest BCUT2D eigenvalue weighted by atomic mass is 10.1. The molecule has 5 heteroatoms. The molecule has 0 radical (unpaired) electrons. The number of carbonyl (C=O) groups excluding carboxylic acids is 2. The normalized spacial score (nSPS) is 13.2. The van der Waals surface area contributed by atoms with Crippen LogP contribution < -0.4 is 15.4 Å². The maximum atomic E-state index is 12.2. The predicted octanol–water partition coefficient (Wildman–Crippen LogP) is 3.36. The highest BCUT2D eigenvalue weighted by Gasteiger charge is 2.29. The molecule has 1 aliphatic carbocycles. The van der Waals surface area contributed by atoms with Gasteiger partial charge in [-0.25, -0.2) is 0 Å². The maximum Gasteiger partial charge on any atom is 0.251 e. The van der Waals surface area contributed by atoms with Crippen molar-refractivity contribution in [3.05, 3.63) is 59.7 Å². The molecule has 25 heavy (non-hydrogen) atoms. The predicted molar refractivity (Wildman–Crippen MR) is 96.6 cm³/mol. The molecule has 2 aromatic rings. The number of benzene rings is 2. The van der Waals surface area contributed by atoms with Gasteiger partial charge in [-0.2, -0.15) is 0 Å². The van der Waals surface area contributed by atoms with Gasteiger partial charge in [-0.05, 0) is 61.7 Å². The van der Waals surface area contributed by atoms with Crippen LogP contribution in [0.2, 0.25) is 0 Å². The highest BCUT2D eigenvalue weighted by Crippen LogP contribution is 2.30. The van der Waals surface area contributed by atoms with E-state index in [1.54, 1.807) is 24.3 Å². The number of rotatable bonds is 7. The van der Waals surface area contributed by atoms with Gasteiger partial charge in [0.1, 0.15) is 5.75 Å². The molecule has 0 heterocycles. The Kier molecular flexibility index (Phi) is 5.33. The molecule has 2 N–H and O–H groups in total. The molecule has 0 aliphatic heterocycles. The van der Waals surface area contributed by atoms with Crippen LogP contribution >= 0.6 is 0 Å². The van der Waals surface area contributed by atoms with Crippen LogP contribution in [0.1, 0.15) is 35.7 Å². The molecule has 0 saturated heterocycles. The number of hydrogen-bond acceptors (Lipinski definition) is 3. The standard InChI is InChI=1S/C20H22N2O3/c1-2-25-18-11-7-15(8-12-18)19(23)21-13-14-3-9-17(10-4-14)22-20(24)16-5-6-16/h3-4,7-12,16H,2,5-6,13H2,1H3,(H,21,23)(H,22,24). The van der Waals surface area contributed by atoms with Crippen molar-refractivity contribution in [3.8, 4) is 5.75 Å². The number of amides is 2. The summed E-state index contributed by atoms with van der Waals surface area (Å²) in [4.78, 5) is 23.9. The largest absolute Gasteiger partial charge is 0.494 e. The zero-order valence-corrected chi connectivity index (χ0v) is 14.2. The Balaban J connectivity index is 1.50. The summed E-state index contributed by atoms with van der Waals surface area (Å²) in [5.41, 5.74) is 2.36. The fourth-order valence-corrected chi connectivity index (χ4v) is 2.45. The second-order valence-corrected chi connectivity index (χ2v) is 6.10. The van der Waals surface area contributed by atoms with E-state index in [0.717, 1.165) is 29.8 Å². The zero-order chi connectivity index (χ0) is 17.6. The molecule has 1 saturated carbocycles. The summed E-state index contributed by atoms with van der Waals surface area (Å²) in [5.74, 6) is 0.904. The fourth-order valence-electron chi connectivity index (χ4n) is 2.45. The summed E-state index contributed by atoms with van der Waals surface area (Å²) in [6, 6.07) is 14.6. The van der Waals surface area contributed by atoms with E-state index in [2.05, 4.69) is 10.6 Å². The van der Waals surface area contributed by atoms with Crippen LogP contribution in [0.3, 0.4) is 0 Å². The first kappa shape index (κ1) is 17.0. The lowest BCUT2D eigenvalue weighted by Gasteiger charge is -2.08. The van der Waals surface area contributed by atoms with Gasteiger partial charge in [-0.1, -0.05) is 12.1 Å². The Hall–Kier alpha value is -2.82. The average molecular weight is 338 g/mol. The van der Waals surface area contributed by atoms with Gasteiger partial charge < -0.3 is 15.4 Å². The quantitative estimate of drug-likeness (QED) is 0.813. The van der Waals surface area contributed by atoms with Crippen molar-refractivity contribution in [2.75, 3.05) is 11.9 Å².